The van der Waals surface area contributed by atoms with Crippen molar-refractivity contribution in [3.8, 4) is 0 Å². The number of hydrogen-bond donors (Lipinski definition) is 0. The molecule has 0 heterocycles. The summed E-state index contributed by atoms with van der Waals surface area (Å²) in [6, 6.07) is 5.64. The maximum absolute atomic E-state index is 11.9. The highest BCUT2D eigenvalue weighted by molar-refractivity contribution is 7.85. The molecule has 0 fully saturated rings. The average molecular weight is 271 g/mol. The van der Waals surface area contributed by atoms with E-state index >= 15 is 0 Å². The van der Waals surface area contributed by atoms with Gasteiger partial charge in [0.25, 0.3) is 5.69 Å². The number of nitro groups is 1. The maximum atomic E-state index is 11.9. The Bertz CT molecular complexity index is 486. The van der Waals surface area contributed by atoms with Gasteiger partial charge in [0.2, 0.25) is 0 Å². The lowest BCUT2D eigenvalue weighted by Crippen LogP contribution is -2.18. The molecule has 0 radical (unpaired) electrons. The Labute approximate surface area is 107 Å². The van der Waals surface area contributed by atoms with E-state index in [1.807, 2.05) is 0 Å². The van der Waals surface area contributed by atoms with Crippen LogP contribution in [0, 0.1) is 10.1 Å². The van der Waals surface area contributed by atoms with E-state index in [9.17, 15) is 19.1 Å². The van der Waals surface area contributed by atoms with E-state index in [0.717, 1.165) is 0 Å². The van der Waals surface area contributed by atoms with Gasteiger partial charge in [-0.2, -0.15) is 0 Å². The highest BCUT2D eigenvalue weighted by Crippen LogP contribution is 2.21. The van der Waals surface area contributed by atoms with Crippen LogP contribution in [0.25, 0.3) is 0 Å². The van der Waals surface area contributed by atoms with Gasteiger partial charge < -0.3 is 4.74 Å². The minimum absolute atomic E-state index is 0.0307. The van der Waals surface area contributed by atoms with Gasteiger partial charge in [0, 0.05) is 6.07 Å². The van der Waals surface area contributed by atoms with Crippen LogP contribution in [0.15, 0.2) is 29.2 Å². The molecule has 0 aliphatic rings. The van der Waals surface area contributed by atoms with Gasteiger partial charge in [-0.05, 0) is 19.9 Å². The van der Waals surface area contributed by atoms with Crippen LogP contribution in [0.4, 0.5) is 5.69 Å². The van der Waals surface area contributed by atoms with Crippen molar-refractivity contribution in [2.45, 2.75) is 24.8 Å². The predicted octanol–water partition coefficient (Wildman–Crippen LogP) is 1.65. The number of rotatable bonds is 5. The summed E-state index contributed by atoms with van der Waals surface area (Å²) in [6.07, 6.45) is -0.305. The first-order valence-corrected chi connectivity index (χ1v) is 6.55. The Morgan fingerprint density at radius 1 is 1.44 bits per heavy atom. The third kappa shape index (κ3) is 3.92. The molecule has 1 rings (SSSR count). The van der Waals surface area contributed by atoms with E-state index in [2.05, 4.69) is 0 Å². The van der Waals surface area contributed by atoms with E-state index in [1.54, 1.807) is 13.8 Å². The molecule has 0 aliphatic heterocycles. The van der Waals surface area contributed by atoms with Crippen molar-refractivity contribution in [2.24, 2.45) is 0 Å². The predicted molar refractivity (Wildman–Crippen MR) is 65.6 cm³/mol. The summed E-state index contributed by atoms with van der Waals surface area (Å²) in [6.45, 7) is 3.34. The van der Waals surface area contributed by atoms with Gasteiger partial charge in [0.05, 0.1) is 21.8 Å². The molecule has 0 saturated carbocycles. The van der Waals surface area contributed by atoms with E-state index in [4.69, 9.17) is 4.74 Å². The minimum atomic E-state index is -1.78. The second-order valence-electron chi connectivity index (χ2n) is 3.75. The standard InChI is InChI=1S/C11H13NO5S/c1-8(2)17-11(13)7-18(16)10-6-4-3-5-9(10)12(14)15/h3-6,8H,7H2,1-2H3. The van der Waals surface area contributed by atoms with Crippen LogP contribution in [-0.2, 0) is 20.3 Å². The van der Waals surface area contributed by atoms with Gasteiger partial charge >= 0.3 is 5.97 Å². The van der Waals surface area contributed by atoms with Crippen molar-refractivity contribution in [2.75, 3.05) is 5.75 Å². The van der Waals surface area contributed by atoms with Crippen LogP contribution in [0.5, 0.6) is 0 Å². The molecule has 7 heteroatoms. The number of ether oxygens (including phenoxy) is 1. The lowest BCUT2D eigenvalue weighted by Gasteiger charge is -2.07. The molecule has 1 atom stereocenters. The second-order valence-corrected chi connectivity index (χ2v) is 5.17. The molecular formula is C11H13NO5S. The number of nitro benzene ring substituents is 1. The van der Waals surface area contributed by atoms with Crippen LogP contribution in [0.1, 0.15) is 13.8 Å². The maximum Gasteiger partial charge on any atom is 0.319 e. The number of carbonyl (C=O) groups excluding carboxylic acids is 1. The van der Waals surface area contributed by atoms with Gasteiger partial charge in [-0.3, -0.25) is 19.1 Å². The number of hydrogen-bond acceptors (Lipinski definition) is 5. The van der Waals surface area contributed by atoms with E-state index < -0.39 is 21.7 Å². The van der Waals surface area contributed by atoms with E-state index in [-0.39, 0.29) is 22.4 Å². The Kier molecular flexibility index (Phi) is 4.96. The zero-order valence-corrected chi connectivity index (χ0v) is 10.8. The smallest absolute Gasteiger partial charge is 0.319 e. The van der Waals surface area contributed by atoms with Crippen molar-refractivity contribution in [3.05, 3.63) is 34.4 Å². The molecule has 1 aromatic rings. The summed E-state index contributed by atoms with van der Waals surface area (Å²) >= 11 is 0. The van der Waals surface area contributed by atoms with Gasteiger partial charge in [-0.25, -0.2) is 0 Å². The monoisotopic (exact) mass is 271 g/mol. The summed E-state index contributed by atoms with van der Waals surface area (Å²) in [5.74, 6) is -1.02. The summed E-state index contributed by atoms with van der Waals surface area (Å²) in [5, 5.41) is 10.7. The highest BCUT2D eigenvalue weighted by Gasteiger charge is 2.21. The SMILES string of the molecule is CC(C)OC(=O)CS(=O)c1ccccc1[N+](=O)[O-]. The highest BCUT2D eigenvalue weighted by atomic mass is 32.2. The van der Waals surface area contributed by atoms with Crippen molar-refractivity contribution in [3.63, 3.8) is 0 Å². The molecule has 18 heavy (non-hydrogen) atoms. The Hall–Kier alpha value is -1.76. The zero-order valence-electron chi connectivity index (χ0n) is 9.99. The van der Waals surface area contributed by atoms with Crippen LogP contribution in [-0.4, -0.2) is 27.0 Å². The van der Waals surface area contributed by atoms with E-state index in [1.165, 1.54) is 24.3 Å². The third-order valence-electron chi connectivity index (χ3n) is 1.92. The largest absolute Gasteiger partial charge is 0.462 e. The molecule has 98 valence electrons. The lowest BCUT2D eigenvalue weighted by molar-refractivity contribution is -0.387. The Morgan fingerprint density at radius 3 is 2.61 bits per heavy atom. The number of carbonyl (C=O) groups is 1. The van der Waals surface area contributed by atoms with Crippen molar-refractivity contribution in [1.29, 1.82) is 0 Å². The minimum Gasteiger partial charge on any atom is -0.462 e. The fraction of sp³-hybridized carbons (Fsp3) is 0.364. The summed E-state index contributed by atoms with van der Waals surface area (Å²) < 4.78 is 16.7. The Balaban J connectivity index is 2.85. The molecule has 0 amide bonds. The molecular weight excluding hydrogens is 258 g/mol. The summed E-state index contributed by atoms with van der Waals surface area (Å²) in [7, 11) is -1.78. The average Bonchev–Trinajstić information content (AvgIpc) is 2.27. The van der Waals surface area contributed by atoms with E-state index in [0.29, 0.717) is 0 Å². The van der Waals surface area contributed by atoms with Crippen LogP contribution >= 0.6 is 0 Å². The number of nitrogens with zero attached hydrogens (tertiary/aromatic N) is 1. The molecule has 1 aromatic carbocycles. The second kappa shape index (κ2) is 6.25. The topological polar surface area (TPSA) is 86.5 Å². The number of benzene rings is 1. The van der Waals surface area contributed by atoms with Crippen LogP contribution in [0.2, 0.25) is 0 Å². The Morgan fingerprint density at radius 2 is 2.06 bits per heavy atom. The fourth-order valence-corrected chi connectivity index (χ4v) is 2.33. The first-order valence-electron chi connectivity index (χ1n) is 5.23. The first kappa shape index (κ1) is 14.3. The molecule has 1 unspecified atom stereocenters. The van der Waals surface area contributed by atoms with Gasteiger partial charge in [-0.15, -0.1) is 0 Å². The third-order valence-corrected chi connectivity index (χ3v) is 3.26. The zero-order chi connectivity index (χ0) is 13.7. The summed E-state index contributed by atoms with van der Waals surface area (Å²) in [5.41, 5.74) is -0.256. The van der Waals surface area contributed by atoms with Gasteiger partial charge in [0.15, 0.2) is 0 Å². The fourth-order valence-electron chi connectivity index (χ4n) is 1.28. The molecule has 0 aliphatic carbocycles. The van der Waals surface area contributed by atoms with Crippen molar-refractivity contribution < 1.29 is 18.7 Å². The molecule has 0 N–H and O–H groups in total. The van der Waals surface area contributed by atoms with Gasteiger partial charge in [-0.1, -0.05) is 12.1 Å². The van der Waals surface area contributed by atoms with Gasteiger partial charge in [0.1, 0.15) is 10.6 Å². The first-order chi connectivity index (χ1) is 8.41. The lowest BCUT2D eigenvalue weighted by atomic mass is 10.3. The number of esters is 1. The van der Waals surface area contributed by atoms with Crippen molar-refractivity contribution >= 4 is 22.5 Å². The molecule has 0 aromatic heterocycles. The quantitative estimate of drug-likeness (QED) is 0.461. The normalized spacial score (nSPS) is 12.2. The number of para-hydroxylation sites is 1. The van der Waals surface area contributed by atoms with Crippen molar-refractivity contribution in [1.82, 2.24) is 0 Å². The van der Waals surface area contributed by atoms with Crippen LogP contribution < -0.4 is 0 Å². The van der Waals surface area contributed by atoms with Crippen LogP contribution in [0.3, 0.4) is 0 Å². The molecule has 0 bridgehead atoms. The molecule has 0 spiro atoms. The summed E-state index contributed by atoms with van der Waals surface area (Å²) in [4.78, 5) is 21.5. The molecule has 6 nitrogen and oxygen atoms in total. The molecule has 0 saturated heterocycles.